The summed E-state index contributed by atoms with van der Waals surface area (Å²) in [5.41, 5.74) is 1.84. The fourth-order valence-corrected chi connectivity index (χ4v) is 4.40. The van der Waals surface area contributed by atoms with Gasteiger partial charge in [0, 0.05) is 25.1 Å². The molecule has 1 aromatic carbocycles. The van der Waals surface area contributed by atoms with Crippen LogP contribution >= 0.6 is 11.6 Å². The van der Waals surface area contributed by atoms with Crippen molar-refractivity contribution in [2.24, 2.45) is 0 Å². The lowest BCUT2D eigenvalue weighted by molar-refractivity contribution is -0.129. The molecule has 0 aromatic heterocycles. The molecule has 128 valence electrons. The summed E-state index contributed by atoms with van der Waals surface area (Å²) in [6.07, 6.45) is 4.54. The summed E-state index contributed by atoms with van der Waals surface area (Å²) in [5, 5.41) is 10.0. The molecule has 2 heterocycles. The van der Waals surface area contributed by atoms with Gasteiger partial charge >= 0.3 is 0 Å². The molecule has 1 N–H and O–H groups in total. The Labute approximate surface area is 145 Å². The number of rotatable bonds is 2. The number of nitrogens with zero attached hydrogens (tertiary/aromatic N) is 1. The fourth-order valence-electron chi connectivity index (χ4n) is 4.23. The van der Waals surface area contributed by atoms with Gasteiger partial charge in [0.05, 0.1) is 18.6 Å². The smallest absolute Gasteiger partial charge is 0.237 e. The van der Waals surface area contributed by atoms with Gasteiger partial charge in [-0.1, -0.05) is 18.2 Å². The molecule has 4 rings (SSSR count). The lowest BCUT2D eigenvalue weighted by Gasteiger charge is -2.35. The fraction of sp³-hybridized carbons (Fsp3) is 0.500. The highest BCUT2D eigenvalue weighted by Crippen LogP contribution is 2.55. The van der Waals surface area contributed by atoms with Gasteiger partial charge < -0.3 is 19.5 Å². The molecule has 0 saturated heterocycles. The van der Waals surface area contributed by atoms with Gasteiger partial charge in [-0.25, -0.2) is 0 Å². The number of hydrogen-bond donors (Lipinski definition) is 1. The van der Waals surface area contributed by atoms with E-state index in [0.29, 0.717) is 25.3 Å². The van der Waals surface area contributed by atoms with Crippen LogP contribution in [0, 0.1) is 0 Å². The minimum atomic E-state index is -0.506. The van der Waals surface area contributed by atoms with Crippen LogP contribution in [0.3, 0.4) is 0 Å². The molecule has 1 aliphatic carbocycles. The summed E-state index contributed by atoms with van der Waals surface area (Å²) in [5.74, 6) is 1.37. The van der Waals surface area contributed by atoms with Crippen LogP contribution in [0.15, 0.2) is 24.3 Å². The summed E-state index contributed by atoms with van der Waals surface area (Å²) in [6.45, 7) is 1.13. The molecule has 2 aliphatic heterocycles. The normalized spacial score (nSPS) is 30.2. The number of alkyl halides is 1. The number of hydrogen-bond acceptors (Lipinski definition) is 4. The first-order valence-electron chi connectivity index (χ1n) is 8.17. The molecule has 3 atom stereocenters. The van der Waals surface area contributed by atoms with Gasteiger partial charge in [-0.05, 0) is 18.1 Å². The predicted octanol–water partition coefficient (Wildman–Crippen LogP) is 1.99. The van der Waals surface area contributed by atoms with Crippen molar-refractivity contribution in [3.8, 4) is 11.5 Å². The number of ether oxygens (including phenoxy) is 2. The largest absolute Gasteiger partial charge is 0.493 e. The van der Waals surface area contributed by atoms with Gasteiger partial charge in [0.1, 0.15) is 12.0 Å². The highest BCUT2D eigenvalue weighted by molar-refractivity contribution is 6.27. The van der Waals surface area contributed by atoms with Crippen LogP contribution in [-0.2, 0) is 16.8 Å². The zero-order chi connectivity index (χ0) is 16.9. The quantitative estimate of drug-likeness (QED) is 0.655. The van der Waals surface area contributed by atoms with Crippen molar-refractivity contribution in [1.29, 1.82) is 0 Å². The lowest BCUT2D eigenvalue weighted by Crippen LogP contribution is -2.43. The number of benzene rings is 1. The molecule has 1 aromatic rings. The van der Waals surface area contributed by atoms with Gasteiger partial charge in [0.2, 0.25) is 5.91 Å². The molecular formula is C18H20ClNO4. The van der Waals surface area contributed by atoms with Crippen LogP contribution in [0.4, 0.5) is 0 Å². The molecule has 6 heteroatoms. The summed E-state index contributed by atoms with van der Waals surface area (Å²) < 4.78 is 11.7. The summed E-state index contributed by atoms with van der Waals surface area (Å²) >= 11 is 5.77. The van der Waals surface area contributed by atoms with E-state index in [1.165, 1.54) is 0 Å². The van der Waals surface area contributed by atoms with Gasteiger partial charge in [-0.2, -0.15) is 0 Å². The molecule has 1 amide bonds. The van der Waals surface area contributed by atoms with Gasteiger partial charge in [0.25, 0.3) is 0 Å². The van der Waals surface area contributed by atoms with E-state index in [4.69, 9.17) is 21.1 Å². The number of carbonyl (C=O) groups excluding carboxylic acids is 1. The van der Waals surface area contributed by atoms with E-state index in [0.717, 1.165) is 23.3 Å². The van der Waals surface area contributed by atoms with Crippen molar-refractivity contribution in [2.75, 3.05) is 19.5 Å². The number of aliphatic hydroxyl groups excluding tert-OH is 1. The number of methoxy groups -OCH3 is 1. The van der Waals surface area contributed by atoms with Crippen LogP contribution in [0.2, 0.25) is 0 Å². The average Bonchev–Trinajstić information content (AvgIpc) is 2.82. The Morgan fingerprint density at radius 3 is 3.12 bits per heavy atom. The van der Waals surface area contributed by atoms with Crippen molar-refractivity contribution in [1.82, 2.24) is 4.90 Å². The molecule has 0 radical (unpaired) electrons. The number of aliphatic hydroxyl groups is 1. The predicted molar refractivity (Wildman–Crippen MR) is 89.6 cm³/mol. The maximum absolute atomic E-state index is 12.2. The molecule has 0 fully saturated rings. The molecule has 3 aliphatic rings. The average molecular weight is 350 g/mol. The molecular weight excluding hydrogens is 330 g/mol. The van der Waals surface area contributed by atoms with Crippen LogP contribution in [0.25, 0.3) is 0 Å². The third-order valence-electron chi connectivity index (χ3n) is 5.42. The van der Waals surface area contributed by atoms with Gasteiger partial charge in [-0.3, -0.25) is 4.79 Å². The van der Waals surface area contributed by atoms with E-state index < -0.39 is 6.10 Å². The molecule has 0 bridgehead atoms. The number of amides is 1. The minimum Gasteiger partial charge on any atom is -0.493 e. The van der Waals surface area contributed by atoms with Crippen LogP contribution in [-0.4, -0.2) is 47.7 Å². The van der Waals surface area contributed by atoms with Crippen molar-refractivity contribution in [2.45, 2.75) is 37.0 Å². The molecule has 24 heavy (non-hydrogen) atoms. The second-order valence-corrected chi connectivity index (χ2v) is 6.91. The lowest BCUT2D eigenvalue weighted by atomic mass is 9.69. The first-order chi connectivity index (χ1) is 11.6. The first-order valence-corrected chi connectivity index (χ1v) is 8.70. The summed E-state index contributed by atoms with van der Waals surface area (Å²) in [7, 11) is 1.63. The van der Waals surface area contributed by atoms with Crippen molar-refractivity contribution in [3.63, 3.8) is 0 Å². The van der Waals surface area contributed by atoms with E-state index in [1.54, 1.807) is 12.0 Å². The zero-order valence-electron chi connectivity index (χ0n) is 13.5. The van der Waals surface area contributed by atoms with Gasteiger partial charge in [0.15, 0.2) is 11.5 Å². The standard InChI is InChI=1S/C18H20ClNO4/c1-23-13-3-2-11-10-20(15(22)9-19)7-6-18-5-4-12(21)8-14(18)24-17(13)16(11)18/h2-5,12,14,21H,6-10H2,1H3/t12-,14-,18-/m0/s1. The number of halogens is 1. The molecule has 1 spiro atoms. The maximum atomic E-state index is 12.2. The molecule has 0 saturated carbocycles. The monoisotopic (exact) mass is 349 g/mol. The minimum absolute atomic E-state index is 0.0141. The van der Waals surface area contributed by atoms with E-state index in [-0.39, 0.29) is 23.3 Å². The second kappa shape index (κ2) is 5.67. The third-order valence-corrected chi connectivity index (χ3v) is 5.65. The van der Waals surface area contributed by atoms with Gasteiger partial charge in [-0.15, -0.1) is 11.6 Å². The Balaban J connectivity index is 1.88. The van der Waals surface area contributed by atoms with Crippen LogP contribution in [0.5, 0.6) is 11.5 Å². The third kappa shape index (κ3) is 2.15. The van der Waals surface area contributed by atoms with Crippen molar-refractivity contribution < 1.29 is 19.4 Å². The van der Waals surface area contributed by atoms with Crippen molar-refractivity contribution >= 4 is 17.5 Å². The van der Waals surface area contributed by atoms with E-state index in [2.05, 4.69) is 6.08 Å². The maximum Gasteiger partial charge on any atom is 0.237 e. The highest BCUT2D eigenvalue weighted by Gasteiger charge is 2.53. The molecule has 0 unspecified atom stereocenters. The first kappa shape index (κ1) is 15.8. The SMILES string of the molecule is COc1ccc2c3c1O[C@H]1C[C@@H](O)C=C[C@@]31CCN(C(=O)CCl)C2. The van der Waals surface area contributed by atoms with Crippen LogP contribution in [0.1, 0.15) is 24.0 Å². The topological polar surface area (TPSA) is 59.0 Å². The Hall–Kier alpha value is -1.72. The zero-order valence-corrected chi connectivity index (χ0v) is 14.3. The number of carbonyl (C=O) groups is 1. The molecule has 5 nitrogen and oxygen atoms in total. The van der Waals surface area contributed by atoms with Crippen molar-refractivity contribution in [3.05, 3.63) is 35.4 Å². The Kier molecular flexibility index (Phi) is 3.73. The Bertz CT molecular complexity index is 719. The highest BCUT2D eigenvalue weighted by atomic mass is 35.5. The second-order valence-electron chi connectivity index (χ2n) is 6.64. The Morgan fingerprint density at radius 2 is 2.38 bits per heavy atom. The Morgan fingerprint density at radius 1 is 1.54 bits per heavy atom. The van der Waals surface area contributed by atoms with E-state index >= 15 is 0 Å². The summed E-state index contributed by atoms with van der Waals surface area (Å²) in [4.78, 5) is 14.0. The van der Waals surface area contributed by atoms with E-state index in [9.17, 15) is 9.90 Å². The van der Waals surface area contributed by atoms with Crippen LogP contribution < -0.4 is 9.47 Å². The van der Waals surface area contributed by atoms with E-state index in [1.807, 2.05) is 18.2 Å². The summed E-state index contributed by atoms with van der Waals surface area (Å²) in [6, 6.07) is 3.89.